The molecule has 1 atom stereocenters. The second-order valence-electron chi connectivity index (χ2n) is 6.56. The Kier molecular flexibility index (Phi) is 4.34. The van der Waals surface area contributed by atoms with Crippen molar-refractivity contribution in [3.05, 3.63) is 47.0 Å². The Balaban J connectivity index is 1.73. The minimum atomic E-state index is -1.66. The van der Waals surface area contributed by atoms with Gasteiger partial charge in [0.05, 0.1) is 10.2 Å². The van der Waals surface area contributed by atoms with E-state index in [9.17, 15) is 14.7 Å². The van der Waals surface area contributed by atoms with Gasteiger partial charge >= 0.3 is 0 Å². The van der Waals surface area contributed by atoms with Crippen LogP contribution in [0.4, 0.5) is 0 Å². The summed E-state index contributed by atoms with van der Waals surface area (Å²) in [6, 6.07) is 8.89. The molecule has 0 aliphatic carbocycles. The zero-order chi connectivity index (χ0) is 19.9. The Morgan fingerprint density at radius 1 is 1.36 bits per heavy atom. The number of hydrogen-bond donors (Lipinski definition) is 2. The quantitative estimate of drug-likeness (QED) is 0.641. The van der Waals surface area contributed by atoms with E-state index in [0.29, 0.717) is 33.7 Å². The SMILES string of the molecule is CN1CC[C@](O)(C#Cc2cccc(-c3nc(C(N)=O)c4sccc4n3)c2)C1=O. The van der Waals surface area contributed by atoms with Crippen molar-refractivity contribution in [2.24, 2.45) is 5.73 Å². The molecule has 1 aliphatic rings. The Labute approximate surface area is 164 Å². The lowest BCUT2D eigenvalue weighted by Crippen LogP contribution is -2.37. The third-order valence-corrected chi connectivity index (χ3v) is 5.49. The van der Waals surface area contributed by atoms with Gasteiger partial charge in [0.2, 0.25) is 5.60 Å². The Hall–Kier alpha value is -3.28. The van der Waals surface area contributed by atoms with Crippen LogP contribution in [0.15, 0.2) is 35.7 Å². The molecule has 2 aromatic heterocycles. The number of nitrogens with zero attached hydrogens (tertiary/aromatic N) is 3. The van der Waals surface area contributed by atoms with Crippen LogP contribution in [0.5, 0.6) is 0 Å². The number of rotatable bonds is 2. The van der Waals surface area contributed by atoms with Crippen LogP contribution in [0.25, 0.3) is 21.6 Å². The van der Waals surface area contributed by atoms with Crippen LogP contribution < -0.4 is 5.73 Å². The molecule has 1 aliphatic heterocycles. The van der Waals surface area contributed by atoms with Crippen molar-refractivity contribution in [2.45, 2.75) is 12.0 Å². The number of benzene rings is 1. The number of nitrogens with two attached hydrogens (primary N) is 1. The fourth-order valence-corrected chi connectivity index (χ4v) is 3.87. The molecule has 0 radical (unpaired) electrons. The topological polar surface area (TPSA) is 109 Å². The minimum absolute atomic E-state index is 0.181. The number of aliphatic hydroxyl groups is 1. The summed E-state index contributed by atoms with van der Waals surface area (Å²) >= 11 is 1.36. The number of hydrogen-bond acceptors (Lipinski definition) is 6. The highest BCUT2D eigenvalue weighted by Crippen LogP contribution is 2.26. The Morgan fingerprint density at radius 3 is 2.89 bits per heavy atom. The number of carbonyl (C=O) groups excluding carboxylic acids is 2. The predicted octanol–water partition coefficient (Wildman–Crippen LogP) is 1.40. The van der Waals surface area contributed by atoms with Gasteiger partial charge in [-0.25, -0.2) is 9.97 Å². The Morgan fingerprint density at radius 2 is 2.18 bits per heavy atom. The van der Waals surface area contributed by atoms with Crippen molar-refractivity contribution in [2.75, 3.05) is 13.6 Å². The maximum absolute atomic E-state index is 12.0. The van der Waals surface area contributed by atoms with E-state index in [1.165, 1.54) is 16.2 Å². The van der Waals surface area contributed by atoms with Gasteiger partial charge in [0.25, 0.3) is 11.8 Å². The van der Waals surface area contributed by atoms with Gasteiger partial charge in [0, 0.05) is 31.1 Å². The van der Waals surface area contributed by atoms with E-state index in [0.717, 1.165) is 0 Å². The molecule has 140 valence electrons. The number of likely N-dealkylation sites (tertiary alicyclic amines) is 1. The number of aromatic nitrogens is 2. The van der Waals surface area contributed by atoms with Crippen molar-refractivity contribution in [1.29, 1.82) is 0 Å². The van der Waals surface area contributed by atoms with Crippen molar-refractivity contribution < 1.29 is 14.7 Å². The maximum atomic E-state index is 12.0. The van der Waals surface area contributed by atoms with Crippen molar-refractivity contribution >= 4 is 33.4 Å². The van der Waals surface area contributed by atoms with E-state index < -0.39 is 17.4 Å². The van der Waals surface area contributed by atoms with Crippen molar-refractivity contribution in [3.63, 3.8) is 0 Å². The largest absolute Gasteiger partial charge is 0.369 e. The third kappa shape index (κ3) is 3.11. The molecular formula is C20H16N4O3S. The predicted molar refractivity (Wildman–Crippen MR) is 105 cm³/mol. The molecule has 1 aromatic carbocycles. The maximum Gasteiger partial charge on any atom is 0.268 e. The van der Waals surface area contributed by atoms with Crippen LogP contribution in [0.1, 0.15) is 22.5 Å². The van der Waals surface area contributed by atoms with Crippen LogP contribution in [-0.2, 0) is 4.79 Å². The average molecular weight is 392 g/mol. The summed E-state index contributed by atoms with van der Waals surface area (Å²) in [5.74, 6) is 4.91. The fourth-order valence-electron chi connectivity index (χ4n) is 3.04. The molecule has 4 rings (SSSR count). The molecule has 2 amide bonds. The summed E-state index contributed by atoms with van der Waals surface area (Å²) in [6.45, 7) is 0.467. The first-order valence-electron chi connectivity index (χ1n) is 8.54. The number of fused-ring (bicyclic) bond motifs is 1. The van der Waals surface area contributed by atoms with Crippen molar-refractivity contribution in [1.82, 2.24) is 14.9 Å². The lowest BCUT2D eigenvalue weighted by molar-refractivity contribution is -0.137. The van der Waals surface area contributed by atoms with E-state index in [2.05, 4.69) is 21.8 Å². The Bertz CT molecular complexity index is 1180. The first kappa shape index (κ1) is 18.1. The second kappa shape index (κ2) is 6.71. The third-order valence-electron chi connectivity index (χ3n) is 4.58. The molecule has 1 saturated heterocycles. The second-order valence-corrected chi connectivity index (χ2v) is 7.48. The number of amides is 2. The number of likely N-dealkylation sites (N-methyl/N-ethyl adjacent to an activating group) is 1. The molecule has 0 bridgehead atoms. The van der Waals surface area contributed by atoms with Gasteiger partial charge in [-0.15, -0.1) is 11.3 Å². The molecule has 7 nitrogen and oxygen atoms in total. The molecule has 3 heterocycles. The molecule has 3 N–H and O–H groups in total. The van der Waals surface area contributed by atoms with Crippen LogP contribution >= 0.6 is 11.3 Å². The fraction of sp³-hybridized carbons (Fsp3) is 0.200. The van der Waals surface area contributed by atoms with Gasteiger partial charge < -0.3 is 15.7 Å². The van der Waals surface area contributed by atoms with Crippen LogP contribution in [0.2, 0.25) is 0 Å². The highest BCUT2D eigenvalue weighted by Gasteiger charge is 2.42. The van der Waals surface area contributed by atoms with E-state index in [1.54, 1.807) is 37.4 Å². The summed E-state index contributed by atoms with van der Waals surface area (Å²) in [4.78, 5) is 34.1. The molecule has 8 heteroatoms. The van der Waals surface area contributed by atoms with E-state index in [1.807, 2.05) is 5.38 Å². The molecule has 0 saturated carbocycles. The van der Waals surface area contributed by atoms with Gasteiger partial charge in [-0.2, -0.15) is 0 Å². The van der Waals surface area contributed by atoms with Crippen LogP contribution in [-0.4, -0.2) is 51.0 Å². The highest BCUT2D eigenvalue weighted by atomic mass is 32.1. The summed E-state index contributed by atoms with van der Waals surface area (Å²) in [6.07, 6.45) is 0.273. The van der Waals surface area contributed by atoms with Gasteiger partial charge in [0.15, 0.2) is 5.82 Å². The lowest BCUT2D eigenvalue weighted by atomic mass is 10.0. The summed E-state index contributed by atoms with van der Waals surface area (Å²) < 4.78 is 0.651. The van der Waals surface area contributed by atoms with Gasteiger partial charge in [-0.1, -0.05) is 24.0 Å². The molecule has 28 heavy (non-hydrogen) atoms. The van der Waals surface area contributed by atoms with E-state index in [-0.39, 0.29) is 12.1 Å². The lowest BCUT2D eigenvalue weighted by Gasteiger charge is -2.13. The zero-order valence-corrected chi connectivity index (χ0v) is 15.8. The van der Waals surface area contributed by atoms with Gasteiger partial charge in [0.1, 0.15) is 5.69 Å². The number of thiophene rings is 1. The molecular weight excluding hydrogens is 376 g/mol. The zero-order valence-electron chi connectivity index (χ0n) is 15.0. The highest BCUT2D eigenvalue weighted by molar-refractivity contribution is 7.17. The average Bonchev–Trinajstić information content (AvgIpc) is 3.26. The summed E-state index contributed by atoms with van der Waals surface area (Å²) in [5, 5.41) is 12.3. The standard InChI is InChI=1S/C20H16N4O3S/c1-24-9-8-20(27,19(24)26)7-5-12-3-2-4-13(11-12)18-22-14-6-10-28-16(14)15(23-18)17(21)25/h2-4,6,10-11,27H,8-9H2,1H3,(H2,21,25)/t20-/m1/s1. The van der Waals surface area contributed by atoms with Gasteiger partial charge in [-0.05, 0) is 23.6 Å². The normalized spacial score (nSPS) is 18.9. The first-order chi connectivity index (χ1) is 13.4. The van der Waals surface area contributed by atoms with Crippen molar-refractivity contribution in [3.8, 4) is 23.2 Å². The minimum Gasteiger partial charge on any atom is -0.369 e. The summed E-state index contributed by atoms with van der Waals surface area (Å²) in [5.41, 5.74) is 5.89. The molecule has 1 fully saturated rings. The number of primary amides is 1. The van der Waals surface area contributed by atoms with Gasteiger partial charge in [-0.3, -0.25) is 9.59 Å². The van der Waals surface area contributed by atoms with Crippen LogP contribution in [0, 0.1) is 11.8 Å². The molecule has 0 unspecified atom stereocenters. The van der Waals surface area contributed by atoms with E-state index >= 15 is 0 Å². The van der Waals surface area contributed by atoms with E-state index in [4.69, 9.17) is 5.73 Å². The summed E-state index contributed by atoms with van der Waals surface area (Å²) in [7, 11) is 1.64. The molecule has 0 spiro atoms. The van der Waals surface area contributed by atoms with Crippen LogP contribution in [0.3, 0.4) is 0 Å². The first-order valence-corrected chi connectivity index (χ1v) is 9.42. The smallest absolute Gasteiger partial charge is 0.268 e. The molecule has 3 aromatic rings. The number of carbonyl (C=O) groups is 2. The monoisotopic (exact) mass is 392 g/mol.